The number of nitriles is 1. The summed E-state index contributed by atoms with van der Waals surface area (Å²) in [7, 11) is 0. The maximum Gasteiger partial charge on any atom is 0.129 e. The molecule has 0 radical (unpaired) electrons. The summed E-state index contributed by atoms with van der Waals surface area (Å²) >= 11 is 9.53. The highest BCUT2D eigenvalue weighted by Crippen LogP contribution is 2.25. The Morgan fingerprint density at radius 2 is 1.95 bits per heavy atom. The molecule has 0 amide bonds. The zero-order valence-electron chi connectivity index (χ0n) is 11.1. The fourth-order valence-corrected chi connectivity index (χ4v) is 2.86. The second-order valence-electron chi connectivity index (χ2n) is 4.63. The smallest absolute Gasteiger partial charge is 0.129 e. The summed E-state index contributed by atoms with van der Waals surface area (Å²) in [5.74, 6) is 1.14. The highest BCUT2D eigenvalue weighted by Gasteiger charge is 2.12. The van der Waals surface area contributed by atoms with Crippen LogP contribution < -0.4 is 0 Å². The van der Waals surface area contributed by atoms with E-state index >= 15 is 0 Å². The number of nitrogens with zero attached hydrogens (tertiary/aromatic N) is 3. The van der Waals surface area contributed by atoms with Gasteiger partial charge in [0, 0.05) is 10.2 Å². The van der Waals surface area contributed by atoms with Gasteiger partial charge in [-0.25, -0.2) is 4.98 Å². The van der Waals surface area contributed by atoms with E-state index in [1.165, 1.54) is 0 Å². The lowest BCUT2D eigenvalue weighted by molar-refractivity contribution is 0.980. The number of halogens is 2. The lowest BCUT2D eigenvalue weighted by Gasteiger charge is -2.08. The highest BCUT2D eigenvalue weighted by molar-refractivity contribution is 9.10. The number of hydrogen-bond acceptors (Lipinski definition) is 2. The largest absolute Gasteiger partial charge is 0.295 e. The average Bonchev–Trinajstić information content (AvgIpc) is 2.86. The Morgan fingerprint density at radius 3 is 2.62 bits per heavy atom. The molecule has 21 heavy (non-hydrogen) atoms. The standard InChI is InChI=1S/C16H11BrClN3/c17-12-3-6-14-15(9-12)21(16(10-18)20-14)13-4-1-11(2-5-13)7-8-19/h1-6,9H,7,10H2. The van der Waals surface area contributed by atoms with Gasteiger partial charge >= 0.3 is 0 Å². The summed E-state index contributed by atoms with van der Waals surface area (Å²) in [6, 6.07) is 16.0. The summed E-state index contributed by atoms with van der Waals surface area (Å²) in [6.07, 6.45) is 0.416. The maximum absolute atomic E-state index is 8.74. The van der Waals surface area contributed by atoms with Gasteiger partial charge in [-0.05, 0) is 35.9 Å². The minimum Gasteiger partial charge on any atom is -0.295 e. The van der Waals surface area contributed by atoms with Crippen LogP contribution in [0.5, 0.6) is 0 Å². The van der Waals surface area contributed by atoms with Crippen molar-refractivity contribution in [2.45, 2.75) is 12.3 Å². The normalized spacial score (nSPS) is 10.7. The van der Waals surface area contributed by atoms with Crippen LogP contribution >= 0.6 is 27.5 Å². The molecule has 0 unspecified atom stereocenters. The van der Waals surface area contributed by atoms with E-state index in [2.05, 4.69) is 27.0 Å². The quantitative estimate of drug-likeness (QED) is 0.641. The molecule has 104 valence electrons. The molecule has 0 fully saturated rings. The van der Waals surface area contributed by atoms with Crippen LogP contribution in [0.15, 0.2) is 46.9 Å². The predicted molar refractivity (Wildman–Crippen MR) is 87.6 cm³/mol. The Balaban J connectivity index is 2.18. The van der Waals surface area contributed by atoms with E-state index in [-0.39, 0.29) is 0 Å². The SMILES string of the molecule is N#CCc1ccc(-n2c(CCl)nc3ccc(Br)cc32)cc1. The number of hydrogen-bond donors (Lipinski definition) is 0. The molecular formula is C16H11BrClN3. The summed E-state index contributed by atoms with van der Waals surface area (Å²) in [6.45, 7) is 0. The van der Waals surface area contributed by atoms with Crippen LogP contribution in [0.4, 0.5) is 0 Å². The molecule has 3 aromatic rings. The van der Waals surface area contributed by atoms with Gasteiger partial charge in [0.2, 0.25) is 0 Å². The highest BCUT2D eigenvalue weighted by atomic mass is 79.9. The molecule has 5 heteroatoms. The van der Waals surface area contributed by atoms with Crippen molar-refractivity contribution in [3.05, 3.63) is 58.3 Å². The van der Waals surface area contributed by atoms with Crippen LogP contribution in [0, 0.1) is 11.3 Å². The number of fused-ring (bicyclic) bond motifs is 1. The second-order valence-corrected chi connectivity index (χ2v) is 5.81. The molecule has 0 saturated heterocycles. The van der Waals surface area contributed by atoms with E-state index in [9.17, 15) is 0 Å². The molecule has 1 aromatic heterocycles. The molecule has 3 nitrogen and oxygen atoms in total. The van der Waals surface area contributed by atoms with Gasteiger partial charge in [0.25, 0.3) is 0 Å². The lowest BCUT2D eigenvalue weighted by atomic mass is 10.1. The Hall–Kier alpha value is -1.83. The number of imidazole rings is 1. The first kappa shape index (κ1) is 14.1. The van der Waals surface area contributed by atoms with Crippen molar-refractivity contribution in [2.24, 2.45) is 0 Å². The second kappa shape index (κ2) is 5.88. The third-order valence-corrected chi connectivity index (χ3v) is 4.02. The van der Waals surface area contributed by atoms with Crippen molar-refractivity contribution in [1.82, 2.24) is 9.55 Å². The Morgan fingerprint density at radius 1 is 1.19 bits per heavy atom. The summed E-state index contributed by atoms with van der Waals surface area (Å²) < 4.78 is 3.04. The van der Waals surface area contributed by atoms with Gasteiger partial charge in [-0.3, -0.25) is 4.57 Å². The Bertz CT molecular complexity index is 831. The number of benzene rings is 2. The first-order chi connectivity index (χ1) is 10.2. The number of alkyl halides is 1. The lowest BCUT2D eigenvalue weighted by Crippen LogP contribution is -1.99. The molecule has 0 aliphatic rings. The molecule has 3 rings (SSSR count). The van der Waals surface area contributed by atoms with Crippen LogP contribution in [0.2, 0.25) is 0 Å². The third kappa shape index (κ3) is 2.67. The molecule has 0 spiro atoms. The first-order valence-electron chi connectivity index (χ1n) is 6.42. The van der Waals surface area contributed by atoms with E-state index in [0.717, 1.165) is 32.6 Å². The predicted octanol–water partition coefficient (Wildman–Crippen LogP) is 4.59. The van der Waals surface area contributed by atoms with Gasteiger partial charge in [0.15, 0.2) is 0 Å². The van der Waals surface area contributed by atoms with E-state index in [4.69, 9.17) is 16.9 Å². The molecular weight excluding hydrogens is 350 g/mol. The molecule has 0 saturated carbocycles. The van der Waals surface area contributed by atoms with Gasteiger partial charge < -0.3 is 0 Å². The Labute approximate surface area is 135 Å². The van der Waals surface area contributed by atoms with Crippen molar-refractivity contribution < 1.29 is 0 Å². The fraction of sp³-hybridized carbons (Fsp3) is 0.125. The zero-order chi connectivity index (χ0) is 14.8. The van der Waals surface area contributed by atoms with Gasteiger partial charge in [-0.15, -0.1) is 11.6 Å². The van der Waals surface area contributed by atoms with E-state index in [1.54, 1.807) is 0 Å². The summed E-state index contributed by atoms with van der Waals surface area (Å²) in [5.41, 5.74) is 3.91. The van der Waals surface area contributed by atoms with Crippen molar-refractivity contribution in [2.75, 3.05) is 0 Å². The molecule has 0 bridgehead atoms. The monoisotopic (exact) mass is 359 g/mol. The van der Waals surface area contributed by atoms with Crippen LogP contribution in [-0.4, -0.2) is 9.55 Å². The molecule has 0 N–H and O–H groups in total. The van der Waals surface area contributed by atoms with E-state index < -0.39 is 0 Å². The molecule has 0 aliphatic carbocycles. The first-order valence-corrected chi connectivity index (χ1v) is 7.75. The van der Waals surface area contributed by atoms with E-state index in [0.29, 0.717) is 12.3 Å². The minimum absolute atomic E-state index is 0.340. The van der Waals surface area contributed by atoms with Gasteiger partial charge in [0.1, 0.15) is 5.82 Å². The molecule has 1 heterocycles. The minimum atomic E-state index is 0.340. The molecule has 0 atom stereocenters. The van der Waals surface area contributed by atoms with Crippen molar-refractivity contribution >= 4 is 38.6 Å². The van der Waals surface area contributed by atoms with Gasteiger partial charge in [-0.1, -0.05) is 28.1 Å². The number of rotatable bonds is 3. The van der Waals surface area contributed by atoms with E-state index in [1.807, 2.05) is 47.0 Å². The fourth-order valence-electron chi connectivity index (χ4n) is 2.33. The third-order valence-electron chi connectivity index (χ3n) is 3.28. The van der Waals surface area contributed by atoms with Crippen LogP contribution in [0.3, 0.4) is 0 Å². The number of aromatic nitrogens is 2. The molecule has 2 aromatic carbocycles. The topological polar surface area (TPSA) is 41.6 Å². The molecule has 0 aliphatic heterocycles. The van der Waals surface area contributed by atoms with Crippen molar-refractivity contribution in [1.29, 1.82) is 5.26 Å². The van der Waals surface area contributed by atoms with Gasteiger partial charge in [0.05, 0.1) is 29.4 Å². The van der Waals surface area contributed by atoms with Crippen LogP contribution in [-0.2, 0) is 12.3 Å². The van der Waals surface area contributed by atoms with Crippen molar-refractivity contribution in [3.63, 3.8) is 0 Å². The van der Waals surface area contributed by atoms with Crippen LogP contribution in [0.1, 0.15) is 11.4 Å². The average molecular weight is 361 g/mol. The van der Waals surface area contributed by atoms with Gasteiger partial charge in [-0.2, -0.15) is 5.26 Å². The zero-order valence-corrected chi connectivity index (χ0v) is 13.4. The maximum atomic E-state index is 8.74. The summed E-state index contributed by atoms with van der Waals surface area (Å²) in [5, 5.41) is 8.74. The van der Waals surface area contributed by atoms with Crippen molar-refractivity contribution in [3.8, 4) is 11.8 Å². The summed E-state index contributed by atoms with van der Waals surface area (Å²) in [4.78, 5) is 4.57. The van der Waals surface area contributed by atoms with Crippen LogP contribution in [0.25, 0.3) is 16.7 Å². The Kier molecular flexibility index (Phi) is 3.96.